The van der Waals surface area contributed by atoms with Crippen molar-refractivity contribution in [3.8, 4) is 0 Å². The van der Waals surface area contributed by atoms with Gasteiger partial charge in [-0.05, 0) is 43.7 Å². The molecule has 0 radical (unpaired) electrons. The Morgan fingerprint density at radius 2 is 1.65 bits per heavy atom. The molecule has 0 atom stereocenters. The molecule has 23 heavy (non-hydrogen) atoms. The van der Waals surface area contributed by atoms with Crippen LogP contribution in [0.25, 0.3) is 0 Å². The second kappa shape index (κ2) is 6.44. The highest BCUT2D eigenvalue weighted by atomic mass is 19.1. The average molecular weight is 308 g/mol. The number of aryl methyl sites for hydroxylation is 2. The van der Waals surface area contributed by atoms with Gasteiger partial charge in [0.05, 0.1) is 0 Å². The number of rotatable bonds is 4. The Balaban J connectivity index is 1.79. The van der Waals surface area contributed by atoms with Crippen molar-refractivity contribution in [2.24, 2.45) is 0 Å². The van der Waals surface area contributed by atoms with Crippen LogP contribution in [0.2, 0.25) is 0 Å². The Morgan fingerprint density at radius 1 is 0.870 bits per heavy atom. The van der Waals surface area contributed by atoms with Gasteiger partial charge in [-0.1, -0.05) is 23.8 Å². The second-order valence-electron chi connectivity index (χ2n) is 5.37. The van der Waals surface area contributed by atoms with Gasteiger partial charge in [0, 0.05) is 17.4 Å². The van der Waals surface area contributed by atoms with E-state index >= 15 is 0 Å². The summed E-state index contributed by atoms with van der Waals surface area (Å²) in [5.74, 6) is 0.974. The number of hydrogen-bond donors (Lipinski definition) is 2. The number of aromatic nitrogens is 2. The van der Waals surface area contributed by atoms with E-state index in [-0.39, 0.29) is 5.82 Å². The first kappa shape index (κ1) is 15.0. The van der Waals surface area contributed by atoms with E-state index in [1.54, 1.807) is 18.2 Å². The third-order valence-electron chi connectivity index (χ3n) is 3.41. The van der Waals surface area contributed by atoms with Crippen molar-refractivity contribution in [3.63, 3.8) is 0 Å². The predicted octanol–water partition coefficient (Wildman–Crippen LogP) is 4.72. The Kier molecular flexibility index (Phi) is 4.19. The minimum absolute atomic E-state index is 0.294. The van der Waals surface area contributed by atoms with E-state index < -0.39 is 0 Å². The molecule has 2 aromatic carbocycles. The molecular formula is C18H17FN4. The molecule has 0 bridgehead atoms. The molecule has 116 valence electrons. The van der Waals surface area contributed by atoms with Crippen LogP contribution < -0.4 is 10.6 Å². The number of hydrogen-bond acceptors (Lipinski definition) is 4. The van der Waals surface area contributed by atoms with Gasteiger partial charge in [-0.15, -0.1) is 0 Å². The lowest BCUT2D eigenvalue weighted by atomic mass is 10.1. The van der Waals surface area contributed by atoms with E-state index in [9.17, 15) is 4.39 Å². The van der Waals surface area contributed by atoms with Gasteiger partial charge in [-0.3, -0.25) is 0 Å². The number of benzene rings is 2. The zero-order chi connectivity index (χ0) is 16.2. The minimum Gasteiger partial charge on any atom is -0.340 e. The first-order valence-electron chi connectivity index (χ1n) is 7.29. The van der Waals surface area contributed by atoms with Crippen molar-refractivity contribution in [1.82, 2.24) is 9.97 Å². The monoisotopic (exact) mass is 308 g/mol. The van der Waals surface area contributed by atoms with Crippen LogP contribution in [0.4, 0.5) is 27.4 Å². The predicted molar refractivity (Wildman–Crippen MR) is 90.9 cm³/mol. The van der Waals surface area contributed by atoms with Gasteiger partial charge in [0.2, 0.25) is 0 Å². The summed E-state index contributed by atoms with van der Waals surface area (Å²) >= 11 is 0. The van der Waals surface area contributed by atoms with Gasteiger partial charge in [-0.25, -0.2) is 14.4 Å². The molecule has 5 heteroatoms. The summed E-state index contributed by atoms with van der Waals surface area (Å²) in [7, 11) is 0. The van der Waals surface area contributed by atoms with E-state index in [1.165, 1.54) is 24.0 Å². The molecule has 0 aliphatic heterocycles. The van der Waals surface area contributed by atoms with Crippen LogP contribution in [0.5, 0.6) is 0 Å². The molecule has 1 aromatic heterocycles. The Labute approximate surface area is 134 Å². The Bertz CT molecular complexity index is 833. The molecule has 3 rings (SSSR count). The summed E-state index contributed by atoms with van der Waals surface area (Å²) in [5.41, 5.74) is 3.99. The number of anilines is 4. The number of nitrogens with one attached hydrogen (secondary N) is 2. The molecule has 2 N–H and O–H groups in total. The largest absolute Gasteiger partial charge is 0.340 e. The van der Waals surface area contributed by atoms with Crippen LogP contribution in [0.15, 0.2) is 54.9 Å². The van der Waals surface area contributed by atoms with E-state index in [2.05, 4.69) is 33.6 Å². The maximum absolute atomic E-state index is 13.2. The third kappa shape index (κ3) is 3.83. The summed E-state index contributed by atoms with van der Waals surface area (Å²) in [6.07, 6.45) is 1.47. The van der Waals surface area contributed by atoms with Crippen molar-refractivity contribution in [3.05, 3.63) is 71.8 Å². The zero-order valence-corrected chi connectivity index (χ0v) is 13.0. The molecule has 0 saturated carbocycles. The van der Waals surface area contributed by atoms with Crippen LogP contribution in [-0.4, -0.2) is 9.97 Å². The second-order valence-corrected chi connectivity index (χ2v) is 5.37. The Morgan fingerprint density at radius 3 is 2.39 bits per heavy atom. The fourth-order valence-corrected chi connectivity index (χ4v) is 2.30. The maximum atomic E-state index is 13.2. The van der Waals surface area contributed by atoms with Crippen LogP contribution in [0.1, 0.15) is 11.1 Å². The zero-order valence-electron chi connectivity index (χ0n) is 13.0. The highest BCUT2D eigenvalue weighted by molar-refractivity contribution is 5.64. The van der Waals surface area contributed by atoms with Crippen molar-refractivity contribution in [2.75, 3.05) is 10.6 Å². The van der Waals surface area contributed by atoms with Gasteiger partial charge in [0.25, 0.3) is 0 Å². The third-order valence-corrected chi connectivity index (χ3v) is 3.41. The van der Waals surface area contributed by atoms with Crippen LogP contribution >= 0.6 is 0 Å². The fourth-order valence-electron chi connectivity index (χ4n) is 2.30. The van der Waals surface area contributed by atoms with Crippen molar-refractivity contribution in [2.45, 2.75) is 13.8 Å². The quantitative estimate of drug-likeness (QED) is 0.732. The van der Waals surface area contributed by atoms with E-state index in [1.807, 2.05) is 19.1 Å². The molecule has 0 amide bonds. The summed E-state index contributed by atoms with van der Waals surface area (Å²) in [4.78, 5) is 8.38. The lowest BCUT2D eigenvalue weighted by molar-refractivity contribution is 0.628. The smallest absolute Gasteiger partial charge is 0.135 e. The summed E-state index contributed by atoms with van der Waals surface area (Å²) in [5, 5.41) is 6.34. The Hall–Kier alpha value is -2.95. The molecule has 3 aromatic rings. The first-order chi connectivity index (χ1) is 11.1. The lowest BCUT2D eigenvalue weighted by Gasteiger charge is -2.11. The van der Waals surface area contributed by atoms with E-state index in [4.69, 9.17) is 0 Å². The molecule has 1 heterocycles. The highest BCUT2D eigenvalue weighted by Crippen LogP contribution is 2.22. The fraction of sp³-hybridized carbons (Fsp3) is 0.111. The molecule has 4 nitrogen and oxygen atoms in total. The summed E-state index contributed by atoms with van der Waals surface area (Å²) < 4.78 is 13.2. The van der Waals surface area contributed by atoms with Gasteiger partial charge in [-0.2, -0.15) is 0 Å². The van der Waals surface area contributed by atoms with Crippen LogP contribution in [-0.2, 0) is 0 Å². The van der Waals surface area contributed by atoms with Crippen LogP contribution in [0.3, 0.4) is 0 Å². The van der Waals surface area contributed by atoms with Gasteiger partial charge >= 0.3 is 0 Å². The summed E-state index contributed by atoms with van der Waals surface area (Å²) in [6, 6.07) is 14.2. The molecule has 0 saturated heterocycles. The highest BCUT2D eigenvalue weighted by Gasteiger charge is 2.03. The summed E-state index contributed by atoms with van der Waals surface area (Å²) in [6.45, 7) is 4.10. The normalized spacial score (nSPS) is 10.4. The van der Waals surface area contributed by atoms with E-state index in [0.29, 0.717) is 17.3 Å². The molecule has 0 aliphatic rings. The number of nitrogens with zero attached hydrogens (tertiary/aromatic N) is 2. The first-order valence-corrected chi connectivity index (χ1v) is 7.29. The average Bonchev–Trinajstić information content (AvgIpc) is 2.51. The molecular weight excluding hydrogens is 291 g/mol. The topological polar surface area (TPSA) is 49.8 Å². The van der Waals surface area contributed by atoms with Gasteiger partial charge in [0.1, 0.15) is 23.8 Å². The maximum Gasteiger partial charge on any atom is 0.135 e. The molecule has 0 fully saturated rings. The molecule has 0 spiro atoms. The van der Waals surface area contributed by atoms with Crippen LogP contribution in [0, 0.1) is 19.7 Å². The minimum atomic E-state index is -0.294. The number of halogens is 1. The molecule has 0 aliphatic carbocycles. The van der Waals surface area contributed by atoms with Gasteiger partial charge in [0.15, 0.2) is 0 Å². The SMILES string of the molecule is Cc1ccc(Nc2cc(Nc3cccc(F)c3)ncn2)c(C)c1. The van der Waals surface area contributed by atoms with Gasteiger partial charge < -0.3 is 10.6 Å². The van der Waals surface area contributed by atoms with Crippen molar-refractivity contribution >= 4 is 23.0 Å². The lowest BCUT2D eigenvalue weighted by Crippen LogP contribution is -1.99. The van der Waals surface area contributed by atoms with Crippen molar-refractivity contribution in [1.29, 1.82) is 0 Å². The van der Waals surface area contributed by atoms with E-state index in [0.717, 1.165) is 11.3 Å². The standard InChI is InChI=1S/C18H17FN4/c1-12-6-7-16(13(2)8-12)23-18-10-17(20-11-21-18)22-15-5-3-4-14(19)9-15/h3-11H,1-2H3,(H2,20,21,22,23). The molecule has 0 unspecified atom stereocenters. The van der Waals surface area contributed by atoms with Crippen molar-refractivity contribution < 1.29 is 4.39 Å².